The third-order valence-corrected chi connectivity index (χ3v) is 5.40. The van der Waals surface area contributed by atoms with Gasteiger partial charge in [-0.2, -0.15) is 0 Å². The highest BCUT2D eigenvalue weighted by molar-refractivity contribution is 9.10. The molecule has 3 rings (SSSR count). The van der Waals surface area contributed by atoms with Crippen molar-refractivity contribution >= 4 is 56.4 Å². The van der Waals surface area contributed by atoms with Crippen LogP contribution in [0.3, 0.4) is 0 Å². The van der Waals surface area contributed by atoms with Crippen molar-refractivity contribution in [1.82, 2.24) is 0 Å². The molecule has 2 N–H and O–H groups in total. The molecule has 0 aliphatic rings. The zero-order chi connectivity index (χ0) is 21.5. The molecule has 0 aromatic heterocycles. The van der Waals surface area contributed by atoms with E-state index in [0.717, 1.165) is 15.7 Å². The van der Waals surface area contributed by atoms with Gasteiger partial charge >= 0.3 is 0 Å². The van der Waals surface area contributed by atoms with Crippen LogP contribution in [0, 0.1) is 0 Å². The van der Waals surface area contributed by atoms with Crippen molar-refractivity contribution in [3.05, 3.63) is 80.7 Å². The molecule has 0 heterocycles. The number of benzene rings is 3. The SMILES string of the molecule is COc1cc(CNc2ccc(Br)cc2)ccc1OCC(=O)Nc1ccc(Cl)c(Cl)c1. The second kappa shape index (κ2) is 10.6. The molecule has 0 radical (unpaired) electrons. The minimum Gasteiger partial charge on any atom is -0.493 e. The Labute approximate surface area is 193 Å². The maximum absolute atomic E-state index is 12.2. The van der Waals surface area contributed by atoms with E-state index in [-0.39, 0.29) is 12.5 Å². The van der Waals surface area contributed by atoms with Crippen molar-refractivity contribution in [3.8, 4) is 11.5 Å². The van der Waals surface area contributed by atoms with E-state index in [0.29, 0.717) is 33.8 Å². The number of amides is 1. The van der Waals surface area contributed by atoms with Crippen molar-refractivity contribution in [2.75, 3.05) is 24.4 Å². The van der Waals surface area contributed by atoms with Gasteiger partial charge in [-0.1, -0.05) is 45.2 Å². The quantitative estimate of drug-likeness (QED) is 0.369. The summed E-state index contributed by atoms with van der Waals surface area (Å²) in [7, 11) is 1.56. The van der Waals surface area contributed by atoms with Crippen LogP contribution < -0.4 is 20.1 Å². The van der Waals surface area contributed by atoms with Crippen LogP contribution in [-0.4, -0.2) is 19.6 Å². The first-order valence-electron chi connectivity index (χ1n) is 8.98. The standard InChI is InChI=1S/C22H19BrCl2N2O3/c1-29-21-10-14(12-26-16-5-3-15(23)4-6-16)2-9-20(21)30-13-22(28)27-17-7-8-18(24)19(25)11-17/h2-11,26H,12-13H2,1H3,(H,27,28). The van der Waals surface area contributed by atoms with Crippen LogP contribution in [-0.2, 0) is 11.3 Å². The number of nitrogens with one attached hydrogen (secondary N) is 2. The molecule has 3 aromatic rings. The van der Waals surface area contributed by atoms with Crippen LogP contribution in [0.5, 0.6) is 11.5 Å². The predicted octanol–water partition coefficient (Wildman–Crippen LogP) is 6.39. The molecule has 0 spiro atoms. The van der Waals surface area contributed by atoms with Crippen LogP contribution in [0.25, 0.3) is 0 Å². The van der Waals surface area contributed by atoms with E-state index >= 15 is 0 Å². The fourth-order valence-corrected chi connectivity index (χ4v) is 3.19. The molecule has 0 fully saturated rings. The third-order valence-electron chi connectivity index (χ3n) is 4.13. The summed E-state index contributed by atoms with van der Waals surface area (Å²) in [5, 5.41) is 6.84. The largest absolute Gasteiger partial charge is 0.493 e. The molecule has 5 nitrogen and oxygen atoms in total. The second-order valence-corrected chi connectivity index (χ2v) is 8.04. The first-order valence-corrected chi connectivity index (χ1v) is 10.5. The number of carbonyl (C=O) groups excluding carboxylic acids is 1. The third kappa shape index (κ3) is 6.29. The summed E-state index contributed by atoms with van der Waals surface area (Å²) in [5.41, 5.74) is 2.57. The lowest BCUT2D eigenvalue weighted by Crippen LogP contribution is -2.20. The van der Waals surface area contributed by atoms with Crippen LogP contribution in [0.1, 0.15) is 5.56 Å². The van der Waals surface area contributed by atoms with Gasteiger partial charge in [-0.25, -0.2) is 0 Å². The summed E-state index contributed by atoms with van der Waals surface area (Å²) >= 11 is 15.3. The summed E-state index contributed by atoms with van der Waals surface area (Å²) < 4.78 is 12.1. The average Bonchev–Trinajstić information content (AvgIpc) is 2.74. The molecule has 156 valence electrons. The number of halogens is 3. The summed E-state index contributed by atoms with van der Waals surface area (Å²) in [5.74, 6) is 0.707. The molecule has 0 aliphatic heterocycles. The Morgan fingerprint density at radius 1 is 0.933 bits per heavy atom. The van der Waals surface area contributed by atoms with Crippen LogP contribution in [0.2, 0.25) is 10.0 Å². The molecule has 30 heavy (non-hydrogen) atoms. The van der Waals surface area contributed by atoms with E-state index in [1.54, 1.807) is 31.4 Å². The lowest BCUT2D eigenvalue weighted by molar-refractivity contribution is -0.118. The van der Waals surface area contributed by atoms with Crippen molar-refractivity contribution in [2.45, 2.75) is 6.54 Å². The molecular weight excluding hydrogens is 491 g/mol. The normalized spacial score (nSPS) is 10.4. The van der Waals surface area contributed by atoms with Crippen LogP contribution in [0.15, 0.2) is 65.1 Å². The average molecular weight is 510 g/mol. The van der Waals surface area contributed by atoms with Crippen molar-refractivity contribution in [1.29, 1.82) is 0 Å². The van der Waals surface area contributed by atoms with E-state index in [9.17, 15) is 4.79 Å². The molecule has 1 amide bonds. The molecule has 0 aliphatic carbocycles. The molecule has 0 atom stereocenters. The lowest BCUT2D eigenvalue weighted by Gasteiger charge is -2.13. The lowest BCUT2D eigenvalue weighted by atomic mass is 10.2. The van der Waals surface area contributed by atoms with Gasteiger partial charge in [0.2, 0.25) is 0 Å². The highest BCUT2D eigenvalue weighted by atomic mass is 79.9. The molecule has 0 saturated heterocycles. The zero-order valence-corrected chi connectivity index (χ0v) is 19.1. The topological polar surface area (TPSA) is 59.6 Å². The van der Waals surface area contributed by atoms with Crippen molar-refractivity contribution in [2.24, 2.45) is 0 Å². The number of hydrogen-bond acceptors (Lipinski definition) is 4. The number of ether oxygens (including phenoxy) is 2. The summed E-state index contributed by atoms with van der Waals surface area (Å²) in [4.78, 5) is 12.2. The Morgan fingerprint density at radius 2 is 1.67 bits per heavy atom. The van der Waals surface area contributed by atoms with Gasteiger partial charge in [-0.3, -0.25) is 4.79 Å². The van der Waals surface area contributed by atoms with Gasteiger partial charge in [0.05, 0.1) is 17.2 Å². The molecule has 0 bridgehead atoms. The minimum absolute atomic E-state index is 0.174. The van der Waals surface area contributed by atoms with E-state index in [4.69, 9.17) is 32.7 Å². The fourth-order valence-electron chi connectivity index (χ4n) is 2.63. The highest BCUT2D eigenvalue weighted by Crippen LogP contribution is 2.29. The van der Waals surface area contributed by atoms with E-state index < -0.39 is 0 Å². The molecule has 3 aromatic carbocycles. The smallest absolute Gasteiger partial charge is 0.262 e. The summed E-state index contributed by atoms with van der Waals surface area (Å²) in [6, 6.07) is 18.4. The highest BCUT2D eigenvalue weighted by Gasteiger charge is 2.10. The minimum atomic E-state index is -0.323. The number of methoxy groups -OCH3 is 1. The Hall–Kier alpha value is -2.41. The first kappa shape index (κ1) is 22.3. The molecular formula is C22H19BrCl2N2O3. The van der Waals surface area contributed by atoms with Gasteiger partial charge in [0.15, 0.2) is 18.1 Å². The van der Waals surface area contributed by atoms with Crippen molar-refractivity contribution in [3.63, 3.8) is 0 Å². The Kier molecular flexibility index (Phi) is 7.85. The summed E-state index contributed by atoms with van der Waals surface area (Å²) in [6.07, 6.45) is 0. The van der Waals surface area contributed by atoms with Gasteiger partial charge in [-0.15, -0.1) is 0 Å². The van der Waals surface area contributed by atoms with E-state index in [1.807, 2.05) is 36.4 Å². The van der Waals surface area contributed by atoms with Crippen LogP contribution in [0.4, 0.5) is 11.4 Å². The Morgan fingerprint density at radius 3 is 2.37 bits per heavy atom. The van der Waals surface area contributed by atoms with Gasteiger partial charge in [-0.05, 0) is 60.2 Å². The van der Waals surface area contributed by atoms with E-state index in [1.165, 1.54) is 0 Å². The summed E-state index contributed by atoms with van der Waals surface area (Å²) in [6.45, 7) is 0.448. The van der Waals surface area contributed by atoms with Gasteiger partial charge < -0.3 is 20.1 Å². The maximum Gasteiger partial charge on any atom is 0.262 e. The van der Waals surface area contributed by atoms with Crippen molar-refractivity contribution < 1.29 is 14.3 Å². The van der Waals surface area contributed by atoms with Gasteiger partial charge in [0, 0.05) is 22.4 Å². The second-order valence-electron chi connectivity index (χ2n) is 6.31. The van der Waals surface area contributed by atoms with Crippen LogP contribution >= 0.6 is 39.1 Å². The number of rotatable bonds is 8. The Balaban J connectivity index is 1.56. The maximum atomic E-state index is 12.2. The van der Waals surface area contributed by atoms with E-state index in [2.05, 4.69) is 26.6 Å². The first-order chi connectivity index (χ1) is 14.4. The number of carbonyl (C=O) groups is 1. The fraction of sp³-hybridized carbons (Fsp3) is 0.136. The molecule has 8 heteroatoms. The number of anilines is 2. The van der Waals surface area contributed by atoms with Gasteiger partial charge in [0.25, 0.3) is 5.91 Å². The molecule has 0 saturated carbocycles. The molecule has 0 unspecified atom stereocenters. The number of hydrogen-bond donors (Lipinski definition) is 2. The monoisotopic (exact) mass is 508 g/mol. The van der Waals surface area contributed by atoms with Gasteiger partial charge in [0.1, 0.15) is 0 Å². The predicted molar refractivity (Wildman–Crippen MR) is 125 cm³/mol. The zero-order valence-electron chi connectivity index (χ0n) is 16.0. The Bertz CT molecular complexity index is 1030.